The number of hydrogen-bond donors (Lipinski definition) is 1. The molecule has 1 amide bonds. The molecule has 110 valence electrons. The molecule has 0 aromatic carbocycles. The van der Waals surface area contributed by atoms with Crippen LogP contribution in [0.15, 0.2) is 0 Å². The number of amides is 1. The number of rotatable bonds is 3. The summed E-state index contributed by atoms with van der Waals surface area (Å²) in [7, 11) is 1.76. The van der Waals surface area contributed by atoms with Gasteiger partial charge in [-0.05, 0) is 43.6 Å². The van der Waals surface area contributed by atoms with Crippen LogP contribution in [-0.2, 0) is 9.53 Å². The van der Waals surface area contributed by atoms with E-state index in [-0.39, 0.29) is 11.5 Å². The van der Waals surface area contributed by atoms with Gasteiger partial charge in [-0.15, -0.1) is 0 Å². The maximum atomic E-state index is 12.7. The Kier molecular flexibility index (Phi) is 4.85. The highest BCUT2D eigenvalue weighted by molar-refractivity contribution is 5.83. The molecule has 0 aliphatic carbocycles. The van der Waals surface area contributed by atoms with Crippen molar-refractivity contribution in [2.24, 2.45) is 11.3 Å². The third kappa shape index (κ3) is 3.48. The van der Waals surface area contributed by atoms with Gasteiger partial charge in [0.05, 0.1) is 6.04 Å². The van der Waals surface area contributed by atoms with Crippen LogP contribution in [0.25, 0.3) is 0 Å². The number of methoxy groups -OCH3 is 1. The standard InChI is InChI=1S/C15H28N2O2/c1-15(2)7-4-8-16-13(15)14(18)17-9-5-12(6-10-17)11-19-3/h12-13,16H,4-11H2,1-3H3. The van der Waals surface area contributed by atoms with Crippen molar-refractivity contribution >= 4 is 5.91 Å². The Hall–Kier alpha value is -0.610. The number of nitrogens with zero attached hydrogens (tertiary/aromatic N) is 1. The summed E-state index contributed by atoms with van der Waals surface area (Å²) < 4.78 is 5.21. The van der Waals surface area contributed by atoms with E-state index in [1.165, 1.54) is 6.42 Å². The van der Waals surface area contributed by atoms with Gasteiger partial charge in [0.25, 0.3) is 0 Å². The zero-order chi connectivity index (χ0) is 13.9. The number of hydrogen-bond acceptors (Lipinski definition) is 3. The van der Waals surface area contributed by atoms with Crippen molar-refractivity contribution in [3.05, 3.63) is 0 Å². The van der Waals surface area contributed by atoms with Gasteiger partial charge in [-0.1, -0.05) is 13.8 Å². The van der Waals surface area contributed by atoms with Crippen LogP contribution >= 0.6 is 0 Å². The lowest BCUT2D eigenvalue weighted by molar-refractivity contribution is -0.139. The number of carbonyl (C=O) groups excluding carboxylic acids is 1. The minimum Gasteiger partial charge on any atom is -0.384 e. The first-order valence-electron chi connectivity index (χ1n) is 7.55. The van der Waals surface area contributed by atoms with Gasteiger partial charge in [0, 0.05) is 26.8 Å². The molecule has 0 radical (unpaired) electrons. The summed E-state index contributed by atoms with van der Waals surface area (Å²) in [6, 6.07) is 0.000208. The van der Waals surface area contributed by atoms with Crippen molar-refractivity contribution in [1.82, 2.24) is 10.2 Å². The molecule has 2 saturated heterocycles. The highest BCUT2D eigenvalue weighted by Gasteiger charge is 2.39. The Morgan fingerprint density at radius 3 is 2.63 bits per heavy atom. The monoisotopic (exact) mass is 268 g/mol. The topological polar surface area (TPSA) is 41.6 Å². The zero-order valence-corrected chi connectivity index (χ0v) is 12.6. The predicted molar refractivity (Wildman–Crippen MR) is 76.0 cm³/mol. The fourth-order valence-corrected chi connectivity index (χ4v) is 3.37. The lowest BCUT2D eigenvalue weighted by atomic mass is 9.76. The SMILES string of the molecule is COCC1CCN(C(=O)C2NCCCC2(C)C)CC1. The molecule has 0 saturated carbocycles. The molecular weight excluding hydrogens is 240 g/mol. The van der Waals surface area contributed by atoms with E-state index in [2.05, 4.69) is 24.1 Å². The number of piperidine rings is 2. The zero-order valence-electron chi connectivity index (χ0n) is 12.6. The van der Waals surface area contributed by atoms with E-state index < -0.39 is 0 Å². The van der Waals surface area contributed by atoms with Gasteiger partial charge in [-0.3, -0.25) is 4.79 Å². The van der Waals surface area contributed by atoms with Crippen molar-refractivity contribution in [3.8, 4) is 0 Å². The van der Waals surface area contributed by atoms with E-state index in [0.29, 0.717) is 11.8 Å². The first-order valence-corrected chi connectivity index (χ1v) is 7.55. The number of ether oxygens (including phenoxy) is 1. The van der Waals surface area contributed by atoms with E-state index in [9.17, 15) is 4.79 Å². The largest absolute Gasteiger partial charge is 0.384 e. The highest BCUT2D eigenvalue weighted by atomic mass is 16.5. The van der Waals surface area contributed by atoms with Crippen LogP contribution in [0.1, 0.15) is 39.5 Å². The van der Waals surface area contributed by atoms with Crippen molar-refractivity contribution in [2.75, 3.05) is 33.4 Å². The lowest BCUT2D eigenvalue weighted by Gasteiger charge is -2.42. The van der Waals surface area contributed by atoms with E-state index in [1.54, 1.807) is 7.11 Å². The van der Waals surface area contributed by atoms with Crippen molar-refractivity contribution in [3.63, 3.8) is 0 Å². The van der Waals surface area contributed by atoms with Crippen molar-refractivity contribution < 1.29 is 9.53 Å². The smallest absolute Gasteiger partial charge is 0.240 e. The molecule has 2 fully saturated rings. The van der Waals surface area contributed by atoms with Gasteiger partial charge in [-0.2, -0.15) is 0 Å². The Morgan fingerprint density at radius 1 is 1.37 bits per heavy atom. The molecule has 2 rings (SSSR count). The quantitative estimate of drug-likeness (QED) is 0.846. The summed E-state index contributed by atoms with van der Waals surface area (Å²) in [4.78, 5) is 14.7. The molecule has 2 heterocycles. The summed E-state index contributed by atoms with van der Waals surface area (Å²) in [6.07, 6.45) is 4.46. The Balaban J connectivity index is 1.90. The van der Waals surface area contributed by atoms with Gasteiger partial charge < -0.3 is 15.0 Å². The summed E-state index contributed by atoms with van der Waals surface area (Å²) in [5, 5.41) is 3.43. The van der Waals surface area contributed by atoms with Crippen LogP contribution in [-0.4, -0.2) is 50.2 Å². The van der Waals surface area contributed by atoms with E-state index in [0.717, 1.165) is 45.5 Å². The van der Waals surface area contributed by atoms with Crippen molar-refractivity contribution in [2.45, 2.75) is 45.6 Å². The fourth-order valence-electron chi connectivity index (χ4n) is 3.37. The normalized spacial score (nSPS) is 28.4. The summed E-state index contributed by atoms with van der Waals surface area (Å²) in [5.74, 6) is 0.932. The van der Waals surface area contributed by atoms with Crippen molar-refractivity contribution in [1.29, 1.82) is 0 Å². The number of carbonyl (C=O) groups is 1. The Bertz CT molecular complexity index is 309. The molecule has 4 nitrogen and oxygen atoms in total. The molecule has 1 N–H and O–H groups in total. The first kappa shape index (κ1) is 14.8. The molecule has 0 aromatic rings. The van der Waals surface area contributed by atoms with Gasteiger partial charge in [0.15, 0.2) is 0 Å². The van der Waals surface area contributed by atoms with E-state index in [1.807, 2.05) is 0 Å². The second-order valence-electron chi connectivity index (χ2n) is 6.70. The summed E-state index contributed by atoms with van der Waals surface area (Å²) >= 11 is 0. The average Bonchev–Trinajstić information content (AvgIpc) is 2.39. The van der Waals surface area contributed by atoms with Crippen LogP contribution in [0.5, 0.6) is 0 Å². The molecule has 0 bridgehead atoms. The van der Waals surface area contributed by atoms with Gasteiger partial charge in [0.1, 0.15) is 0 Å². The molecule has 0 aromatic heterocycles. The predicted octanol–water partition coefficient (Wildman–Crippen LogP) is 1.65. The second kappa shape index (κ2) is 6.23. The van der Waals surface area contributed by atoms with Crippen LogP contribution in [0, 0.1) is 11.3 Å². The molecule has 4 heteroatoms. The van der Waals surface area contributed by atoms with Gasteiger partial charge in [-0.25, -0.2) is 0 Å². The summed E-state index contributed by atoms with van der Waals surface area (Å²) in [6.45, 7) is 8.00. The number of likely N-dealkylation sites (tertiary alicyclic amines) is 1. The van der Waals surface area contributed by atoms with Gasteiger partial charge >= 0.3 is 0 Å². The second-order valence-corrected chi connectivity index (χ2v) is 6.70. The first-order chi connectivity index (χ1) is 9.04. The molecule has 1 atom stereocenters. The summed E-state index contributed by atoms with van der Waals surface area (Å²) in [5.41, 5.74) is 0.0821. The number of nitrogens with one attached hydrogen (secondary N) is 1. The average molecular weight is 268 g/mol. The molecule has 0 spiro atoms. The third-order valence-corrected chi connectivity index (χ3v) is 4.70. The minimum atomic E-state index is 0.000208. The molecule has 1 unspecified atom stereocenters. The molecular formula is C15H28N2O2. The van der Waals surface area contributed by atoms with Crippen LogP contribution < -0.4 is 5.32 Å². The Morgan fingerprint density at radius 2 is 2.05 bits per heavy atom. The van der Waals surface area contributed by atoms with Crippen LogP contribution in [0.3, 0.4) is 0 Å². The van der Waals surface area contributed by atoms with Crippen LogP contribution in [0.2, 0.25) is 0 Å². The maximum Gasteiger partial charge on any atom is 0.240 e. The van der Waals surface area contributed by atoms with E-state index >= 15 is 0 Å². The fraction of sp³-hybridized carbons (Fsp3) is 0.933. The third-order valence-electron chi connectivity index (χ3n) is 4.70. The molecule has 19 heavy (non-hydrogen) atoms. The van der Waals surface area contributed by atoms with Crippen LogP contribution in [0.4, 0.5) is 0 Å². The lowest BCUT2D eigenvalue weighted by Crippen LogP contribution is -2.57. The molecule has 2 aliphatic heterocycles. The molecule has 2 aliphatic rings. The van der Waals surface area contributed by atoms with E-state index in [4.69, 9.17) is 4.74 Å². The maximum absolute atomic E-state index is 12.7. The highest BCUT2D eigenvalue weighted by Crippen LogP contribution is 2.32. The minimum absolute atomic E-state index is 0.000208. The Labute approximate surface area is 116 Å². The van der Waals surface area contributed by atoms with Gasteiger partial charge in [0.2, 0.25) is 5.91 Å².